The number of nitrogens with zero attached hydrogens (tertiary/aromatic N) is 3. The fourth-order valence-electron chi connectivity index (χ4n) is 1.95. The van der Waals surface area contributed by atoms with E-state index in [1.807, 2.05) is 38.1 Å². The molecule has 1 aromatic heterocycles. The molecule has 0 spiro atoms. The van der Waals surface area contributed by atoms with Crippen LogP contribution in [0.5, 0.6) is 0 Å². The third-order valence-corrected chi connectivity index (χ3v) is 3.04. The van der Waals surface area contributed by atoms with Gasteiger partial charge in [0.05, 0.1) is 6.54 Å². The van der Waals surface area contributed by atoms with Gasteiger partial charge in [-0.15, -0.1) is 0 Å². The molecule has 2 aromatic rings. The molecule has 1 N–H and O–H groups in total. The van der Waals surface area contributed by atoms with Crippen molar-refractivity contribution in [1.82, 2.24) is 15.5 Å². The lowest BCUT2D eigenvalue weighted by atomic mass is 10.1. The molecule has 0 fully saturated rings. The van der Waals surface area contributed by atoms with Gasteiger partial charge < -0.3 is 9.84 Å². The molecular weight excluding hydrogens is 240 g/mol. The summed E-state index contributed by atoms with van der Waals surface area (Å²) in [4.78, 5) is 8.77. The van der Waals surface area contributed by atoms with Crippen LogP contribution in [0.1, 0.15) is 31.2 Å². The summed E-state index contributed by atoms with van der Waals surface area (Å²) in [7, 11) is 0. The van der Waals surface area contributed by atoms with Crippen LogP contribution in [0.15, 0.2) is 33.8 Å². The molecular formula is C14H16N4O. The van der Waals surface area contributed by atoms with Gasteiger partial charge in [-0.25, -0.2) is 0 Å². The number of hydrogen-bond donors (Lipinski definition) is 1. The molecule has 0 saturated carbocycles. The highest BCUT2D eigenvalue weighted by Gasteiger charge is 2.12. The van der Waals surface area contributed by atoms with E-state index >= 15 is 0 Å². The molecule has 1 aliphatic heterocycles. The zero-order valence-corrected chi connectivity index (χ0v) is 11.1. The maximum absolute atomic E-state index is 5.27. The number of aromatic nitrogens is 2. The van der Waals surface area contributed by atoms with Crippen molar-refractivity contribution in [2.45, 2.75) is 19.8 Å². The average molecular weight is 256 g/mol. The summed E-state index contributed by atoms with van der Waals surface area (Å²) < 4.78 is 5.27. The van der Waals surface area contributed by atoms with Crippen molar-refractivity contribution >= 4 is 5.84 Å². The van der Waals surface area contributed by atoms with Gasteiger partial charge in [0.1, 0.15) is 5.84 Å². The molecule has 0 unspecified atom stereocenters. The van der Waals surface area contributed by atoms with Crippen molar-refractivity contribution in [3.8, 4) is 11.5 Å². The van der Waals surface area contributed by atoms with Crippen LogP contribution < -0.4 is 5.32 Å². The maximum Gasteiger partial charge on any atom is 0.257 e. The highest BCUT2D eigenvalue weighted by Crippen LogP contribution is 2.20. The average Bonchev–Trinajstić information content (AvgIpc) is 3.11. The lowest BCUT2D eigenvalue weighted by Gasteiger charge is -2.02. The Morgan fingerprint density at radius 3 is 2.47 bits per heavy atom. The van der Waals surface area contributed by atoms with Gasteiger partial charge >= 0.3 is 0 Å². The van der Waals surface area contributed by atoms with Gasteiger partial charge in [0.15, 0.2) is 5.82 Å². The van der Waals surface area contributed by atoms with Gasteiger partial charge in [0, 0.05) is 23.6 Å². The Morgan fingerprint density at radius 1 is 1.16 bits per heavy atom. The minimum atomic E-state index is 0.272. The zero-order valence-electron chi connectivity index (χ0n) is 11.1. The monoisotopic (exact) mass is 256 g/mol. The van der Waals surface area contributed by atoms with Crippen molar-refractivity contribution in [3.63, 3.8) is 0 Å². The molecule has 0 radical (unpaired) electrons. The van der Waals surface area contributed by atoms with Gasteiger partial charge in [-0.1, -0.05) is 31.1 Å². The van der Waals surface area contributed by atoms with E-state index in [9.17, 15) is 0 Å². The van der Waals surface area contributed by atoms with E-state index in [0.717, 1.165) is 35.9 Å². The predicted octanol–water partition coefficient (Wildman–Crippen LogP) is 2.21. The van der Waals surface area contributed by atoms with Crippen LogP contribution >= 0.6 is 0 Å². The number of aliphatic imine (C=N–C) groups is 1. The van der Waals surface area contributed by atoms with Crippen molar-refractivity contribution in [2.24, 2.45) is 4.99 Å². The fourth-order valence-corrected chi connectivity index (χ4v) is 1.95. The molecule has 1 aliphatic rings. The van der Waals surface area contributed by atoms with E-state index < -0.39 is 0 Å². The summed E-state index contributed by atoms with van der Waals surface area (Å²) in [6.45, 7) is 5.85. The Bertz CT molecular complexity index is 598. The van der Waals surface area contributed by atoms with E-state index in [4.69, 9.17) is 4.52 Å². The van der Waals surface area contributed by atoms with Crippen molar-refractivity contribution < 1.29 is 4.52 Å². The molecule has 98 valence electrons. The smallest absolute Gasteiger partial charge is 0.257 e. The van der Waals surface area contributed by atoms with Crippen molar-refractivity contribution in [1.29, 1.82) is 0 Å². The summed E-state index contributed by atoms with van der Waals surface area (Å²) in [5.41, 5.74) is 2.02. The Kier molecular flexibility index (Phi) is 3.03. The van der Waals surface area contributed by atoms with Gasteiger partial charge in [0.25, 0.3) is 5.89 Å². The summed E-state index contributed by atoms with van der Waals surface area (Å²) in [6.07, 6.45) is 0. The Labute approximate surface area is 111 Å². The van der Waals surface area contributed by atoms with Crippen LogP contribution in [-0.2, 0) is 0 Å². The fraction of sp³-hybridized carbons (Fsp3) is 0.357. The Hall–Kier alpha value is -2.17. The normalized spacial score (nSPS) is 14.6. The number of hydrogen-bond acceptors (Lipinski definition) is 5. The summed E-state index contributed by atoms with van der Waals surface area (Å²) in [5, 5.41) is 7.22. The third-order valence-electron chi connectivity index (χ3n) is 3.04. The lowest BCUT2D eigenvalue weighted by Crippen LogP contribution is -2.19. The van der Waals surface area contributed by atoms with E-state index in [2.05, 4.69) is 20.4 Å². The molecule has 0 aliphatic carbocycles. The molecule has 1 aromatic carbocycles. The molecule has 5 heteroatoms. The van der Waals surface area contributed by atoms with Gasteiger partial charge in [-0.2, -0.15) is 4.98 Å². The minimum Gasteiger partial charge on any atom is -0.368 e. The van der Waals surface area contributed by atoms with E-state index in [1.165, 1.54) is 0 Å². The van der Waals surface area contributed by atoms with Crippen LogP contribution in [0.2, 0.25) is 0 Å². The summed E-state index contributed by atoms with van der Waals surface area (Å²) in [6, 6.07) is 8.00. The van der Waals surface area contributed by atoms with E-state index in [-0.39, 0.29) is 5.92 Å². The molecule has 0 atom stereocenters. The molecule has 0 saturated heterocycles. The number of benzene rings is 1. The largest absolute Gasteiger partial charge is 0.368 e. The van der Waals surface area contributed by atoms with Crippen LogP contribution in [0.3, 0.4) is 0 Å². The van der Waals surface area contributed by atoms with E-state index in [0.29, 0.717) is 5.89 Å². The van der Waals surface area contributed by atoms with Gasteiger partial charge in [0.2, 0.25) is 0 Å². The Balaban J connectivity index is 1.85. The maximum atomic E-state index is 5.27. The van der Waals surface area contributed by atoms with Gasteiger partial charge in [-0.05, 0) is 12.1 Å². The summed E-state index contributed by atoms with van der Waals surface area (Å²) >= 11 is 0. The van der Waals surface area contributed by atoms with Gasteiger partial charge in [-0.3, -0.25) is 4.99 Å². The standard InChI is InChI=1S/C14H16N4O/c1-9(2)12-17-14(19-18-12)11-5-3-10(4-6-11)13-15-7-8-16-13/h3-6,9H,7-8H2,1-2H3,(H,15,16). The van der Waals surface area contributed by atoms with Crippen molar-refractivity contribution in [2.75, 3.05) is 13.1 Å². The predicted molar refractivity (Wildman–Crippen MR) is 73.2 cm³/mol. The number of amidine groups is 1. The lowest BCUT2D eigenvalue weighted by molar-refractivity contribution is 0.419. The molecule has 0 amide bonds. The third kappa shape index (κ3) is 2.36. The summed E-state index contributed by atoms with van der Waals surface area (Å²) in [5.74, 6) is 2.53. The first-order valence-electron chi connectivity index (χ1n) is 6.47. The van der Waals surface area contributed by atoms with Crippen molar-refractivity contribution in [3.05, 3.63) is 35.7 Å². The first-order chi connectivity index (χ1) is 9.24. The topological polar surface area (TPSA) is 63.3 Å². The second-order valence-electron chi connectivity index (χ2n) is 4.85. The molecule has 5 nitrogen and oxygen atoms in total. The molecule has 2 heterocycles. The molecule has 0 bridgehead atoms. The highest BCUT2D eigenvalue weighted by atomic mass is 16.5. The SMILES string of the molecule is CC(C)c1noc(-c2ccc(C3=NCCN3)cc2)n1. The quantitative estimate of drug-likeness (QED) is 0.914. The van der Waals surface area contributed by atoms with Crippen LogP contribution in [0.25, 0.3) is 11.5 Å². The highest BCUT2D eigenvalue weighted by molar-refractivity contribution is 5.99. The molecule has 19 heavy (non-hydrogen) atoms. The number of nitrogens with one attached hydrogen (secondary N) is 1. The Morgan fingerprint density at radius 2 is 1.89 bits per heavy atom. The zero-order chi connectivity index (χ0) is 13.2. The first kappa shape index (κ1) is 11.9. The second-order valence-corrected chi connectivity index (χ2v) is 4.85. The van der Waals surface area contributed by atoms with E-state index in [1.54, 1.807) is 0 Å². The molecule has 3 rings (SSSR count). The second kappa shape index (κ2) is 4.84. The first-order valence-corrected chi connectivity index (χ1v) is 6.47. The number of rotatable bonds is 3. The minimum absolute atomic E-state index is 0.272. The van der Waals surface area contributed by atoms with Crippen LogP contribution in [0, 0.1) is 0 Å². The van der Waals surface area contributed by atoms with Crippen LogP contribution in [0.4, 0.5) is 0 Å². The van der Waals surface area contributed by atoms with Crippen LogP contribution in [-0.4, -0.2) is 29.1 Å².